The van der Waals surface area contributed by atoms with Gasteiger partial charge in [-0.25, -0.2) is 0 Å². The normalized spacial score (nSPS) is 22.7. The summed E-state index contributed by atoms with van der Waals surface area (Å²) in [7, 11) is 1.78. The van der Waals surface area contributed by atoms with E-state index in [2.05, 4.69) is 20.5 Å². The Bertz CT molecular complexity index is 593. The lowest BCUT2D eigenvalue weighted by atomic mass is 9.93. The van der Waals surface area contributed by atoms with E-state index in [1.54, 1.807) is 19.2 Å². The topological polar surface area (TPSA) is 39.7 Å². The van der Waals surface area contributed by atoms with Gasteiger partial charge in [0.05, 0.1) is 5.56 Å². The van der Waals surface area contributed by atoms with Crippen LogP contribution in [0.3, 0.4) is 0 Å². The van der Waals surface area contributed by atoms with E-state index < -0.39 is 11.7 Å². The Labute approximate surface area is 146 Å². The van der Waals surface area contributed by atoms with Crippen molar-refractivity contribution in [2.45, 2.75) is 50.5 Å². The second kappa shape index (κ2) is 7.64. The molecule has 1 saturated carbocycles. The summed E-state index contributed by atoms with van der Waals surface area (Å²) in [6.45, 7) is 2.47. The molecular formula is C18H25F3N4. The molecule has 1 unspecified atom stereocenters. The number of hydrogen-bond donors (Lipinski definition) is 2. The summed E-state index contributed by atoms with van der Waals surface area (Å²) in [6.07, 6.45) is 0.409. The molecule has 0 aromatic heterocycles. The van der Waals surface area contributed by atoms with Crippen molar-refractivity contribution in [2.75, 3.05) is 20.1 Å². The van der Waals surface area contributed by atoms with E-state index in [9.17, 15) is 13.2 Å². The van der Waals surface area contributed by atoms with Crippen molar-refractivity contribution in [2.24, 2.45) is 4.99 Å². The predicted molar refractivity (Wildman–Crippen MR) is 92.4 cm³/mol. The lowest BCUT2D eigenvalue weighted by Gasteiger charge is -2.29. The van der Waals surface area contributed by atoms with Crippen LogP contribution in [0.5, 0.6) is 0 Å². The molecule has 2 fully saturated rings. The molecule has 1 atom stereocenters. The van der Waals surface area contributed by atoms with Crippen LogP contribution in [0.25, 0.3) is 0 Å². The molecule has 1 aliphatic heterocycles. The second-order valence-corrected chi connectivity index (χ2v) is 6.90. The Kier molecular flexibility index (Phi) is 5.51. The molecule has 7 heteroatoms. The number of nitrogens with zero attached hydrogens (tertiary/aromatic N) is 2. The molecule has 1 aromatic carbocycles. The molecule has 1 saturated heterocycles. The lowest BCUT2D eigenvalue weighted by molar-refractivity contribution is -0.137. The van der Waals surface area contributed by atoms with E-state index in [1.807, 2.05) is 0 Å². The maximum atomic E-state index is 12.6. The zero-order valence-electron chi connectivity index (χ0n) is 14.4. The number of likely N-dealkylation sites (tertiary alicyclic amines) is 1. The summed E-state index contributed by atoms with van der Waals surface area (Å²) >= 11 is 0. The molecule has 1 heterocycles. The highest BCUT2D eigenvalue weighted by Gasteiger charge is 2.30. The van der Waals surface area contributed by atoms with Gasteiger partial charge in [0.25, 0.3) is 0 Å². The van der Waals surface area contributed by atoms with Crippen molar-refractivity contribution in [3.63, 3.8) is 0 Å². The summed E-state index contributed by atoms with van der Waals surface area (Å²) in [4.78, 5) is 6.55. The minimum absolute atomic E-state index is 0.320. The first-order valence-corrected chi connectivity index (χ1v) is 8.82. The van der Waals surface area contributed by atoms with Crippen molar-refractivity contribution in [1.82, 2.24) is 15.5 Å². The third-order valence-corrected chi connectivity index (χ3v) is 4.97. The molecule has 0 radical (unpaired) electrons. The van der Waals surface area contributed by atoms with Gasteiger partial charge in [0.15, 0.2) is 5.96 Å². The van der Waals surface area contributed by atoms with Crippen molar-refractivity contribution < 1.29 is 13.2 Å². The number of guanidine groups is 1. The highest BCUT2D eigenvalue weighted by molar-refractivity contribution is 5.80. The largest absolute Gasteiger partial charge is 0.416 e. The van der Waals surface area contributed by atoms with Crippen molar-refractivity contribution >= 4 is 5.96 Å². The van der Waals surface area contributed by atoms with Gasteiger partial charge < -0.3 is 10.6 Å². The highest BCUT2D eigenvalue weighted by Crippen LogP contribution is 2.29. The predicted octanol–water partition coefficient (Wildman–Crippen LogP) is 3.00. The van der Waals surface area contributed by atoms with Crippen LogP contribution >= 0.6 is 0 Å². The van der Waals surface area contributed by atoms with Gasteiger partial charge in [0.1, 0.15) is 0 Å². The molecule has 0 spiro atoms. The zero-order chi connectivity index (χ0) is 17.9. The number of rotatable bonds is 4. The van der Waals surface area contributed by atoms with Crippen molar-refractivity contribution in [3.05, 3.63) is 35.4 Å². The molecule has 2 aliphatic rings. The Morgan fingerprint density at radius 2 is 1.80 bits per heavy atom. The van der Waals surface area contributed by atoms with E-state index in [-0.39, 0.29) is 0 Å². The Morgan fingerprint density at radius 1 is 1.12 bits per heavy atom. The fourth-order valence-electron chi connectivity index (χ4n) is 3.26. The van der Waals surface area contributed by atoms with E-state index in [1.165, 1.54) is 19.3 Å². The van der Waals surface area contributed by atoms with Gasteiger partial charge >= 0.3 is 6.18 Å². The monoisotopic (exact) mass is 354 g/mol. The van der Waals surface area contributed by atoms with E-state index in [0.717, 1.165) is 43.2 Å². The number of aliphatic imine (C=N–C) groups is 1. The van der Waals surface area contributed by atoms with Gasteiger partial charge in [0.2, 0.25) is 0 Å². The summed E-state index contributed by atoms with van der Waals surface area (Å²) in [6, 6.07) is 6.31. The maximum Gasteiger partial charge on any atom is 0.416 e. The Balaban J connectivity index is 1.47. The fourth-order valence-corrected chi connectivity index (χ4v) is 3.26. The van der Waals surface area contributed by atoms with Crippen molar-refractivity contribution in [1.29, 1.82) is 0 Å². The zero-order valence-corrected chi connectivity index (χ0v) is 14.4. The average Bonchev–Trinajstić information content (AvgIpc) is 2.96. The Morgan fingerprint density at radius 3 is 2.36 bits per heavy atom. The number of benzene rings is 1. The van der Waals surface area contributed by atoms with Gasteiger partial charge in [-0.2, -0.15) is 13.2 Å². The minimum atomic E-state index is -4.27. The van der Waals surface area contributed by atoms with Crippen LogP contribution in [0.15, 0.2) is 29.3 Å². The molecule has 0 amide bonds. The van der Waals surface area contributed by atoms with E-state index in [0.29, 0.717) is 18.6 Å². The standard InChI is InChI=1S/C18H25F3N4/c1-22-17(23-15-3-2-4-15)24-16-9-10-25(12-16)11-13-5-7-14(8-6-13)18(19,20)21/h5-8,15-16H,2-4,9-12H2,1H3,(H2,22,23,24). The summed E-state index contributed by atoms with van der Waals surface area (Å²) in [5.74, 6) is 0.853. The number of nitrogens with one attached hydrogen (secondary N) is 2. The third-order valence-electron chi connectivity index (χ3n) is 4.97. The van der Waals surface area contributed by atoms with E-state index in [4.69, 9.17) is 0 Å². The van der Waals surface area contributed by atoms with Crippen LogP contribution in [0.4, 0.5) is 13.2 Å². The molecular weight excluding hydrogens is 329 g/mol. The lowest BCUT2D eigenvalue weighted by Crippen LogP contribution is -2.50. The molecule has 2 N–H and O–H groups in total. The first-order valence-electron chi connectivity index (χ1n) is 8.82. The summed E-state index contributed by atoms with van der Waals surface area (Å²) < 4.78 is 37.8. The first-order chi connectivity index (χ1) is 11.9. The number of alkyl halides is 3. The van der Waals surface area contributed by atoms with Crippen LogP contribution < -0.4 is 10.6 Å². The molecule has 1 aromatic rings. The van der Waals surface area contributed by atoms with Crippen LogP contribution in [0.2, 0.25) is 0 Å². The molecule has 4 nitrogen and oxygen atoms in total. The van der Waals surface area contributed by atoms with Gasteiger partial charge in [-0.3, -0.25) is 9.89 Å². The quantitative estimate of drug-likeness (QED) is 0.645. The molecule has 1 aliphatic carbocycles. The van der Waals surface area contributed by atoms with Crippen molar-refractivity contribution in [3.8, 4) is 0 Å². The third kappa shape index (κ3) is 4.87. The van der Waals surface area contributed by atoms with E-state index >= 15 is 0 Å². The first kappa shape index (κ1) is 18.0. The van der Waals surface area contributed by atoms with Crippen LogP contribution in [-0.2, 0) is 12.7 Å². The smallest absolute Gasteiger partial charge is 0.354 e. The van der Waals surface area contributed by atoms with Crippen LogP contribution in [0, 0.1) is 0 Å². The van der Waals surface area contributed by atoms with Crippen LogP contribution in [-0.4, -0.2) is 43.1 Å². The fraction of sp³-hybridized carbons (Fsp3) is 0.611. The highest BCUT2D eigenvalue weighted by atomic mass is 19.4. The van der Waals surface area contributed by atoms with Crippen LogP contribution in [0.1, 0.15) is 36.8 Å². The SMILES string of the molecule is CN=C(NC1CCC1)NC1CCN(Cc2ccc(C(F)(F)F)cc2)C1. The average molecular weight is 354 g/mol. The molecule has 3 rings (SSSR count). The molecule has 138 valence electrons. The number of halogens is 3. The number of hydrogen-bond acceptors (Lipinski definition) is 2. The van der Waals surface area contributed by atoms with Gasteiger partial charge in [-0.05, 0) is 43.4 Å². The Hall–Kier alpha value is -1.76. The maximum absolute atomic E-state index is 12.6. The van der Waals surface area contributed by atoms with Gasteiger partial charge in [0, 0.05) is 38.8 Å². The summed E-state index contributed by atoms with van der Waals surface area (Å²) in [5.41, 5.74) is 0.314. The second-order valence-electron chi connectivity index (χ2n) is 6.90. The molecule has 0 bridgehead atoms. The minimum Gasteiger partial charge on any atom is -0.354 e. The molecule has 25 heavy (non-hydrogen) atoms. The van der Waals surface area contributed by atoms with Gasteiger partial charge in [-0.15, -0.1) is 0 Å². The summed E-state index contributed by atoms with van der Waals surface area (Å²) in [5, 5.41) is 6.89. The van der Waals surface area contributed by atoms with Gasteiger partial charge in [-0.1, -0.05) is 12.1 Å².